The van der Waals surface area contributed by atoms with Crippen LogP contribution < -0.4 is 0 Å². The maximum absolute atomic E-state index is 13.0. The molecule has 2 aliphatic heterocycles. The predicted octanol–water partition coefficient (Wildman–Crippen LogP) is 7.35. The Hall–Kier alpha value is -5.08. The summed E-state index contributed by atoms with van der Waals surface area (Å²) in [5, 5.41) is 16.5. The number of Topliss-reactive ketones (excluding diaryl/α,β-unsaturated/α-hetero) is 2. The summed E-state index contributed by atoms with van der Waals surface area (Å²) in [5.41, 5.74) is 1.98. The summed E-state index contributed by atoms with van der Waals surface area (Å²) < 4.78 is 41.0. The minimum absolute atomic E-state index is 0.0323. The first-order valence-electron chi connectivity index (χ1n) is 18.9. The Kier molecular flexibility index (Phi) is 15.4. The molecule has 0 bridgehead atoms. The summed E-state index contributed by atoms with van der Waals surface area (Å²) >= 11 is 0. The van der Waals surface area contributed by atoms with E-state index < -0.39 is 5.97 Å². The van der Waals surface area contributed by atoms with Gasteiger partial charge >= 0.3 is 11.9 Å². The zero-order valence-electron chi connectivity index (χ0n) is 31.1. The molecule has 0 saturated carbocycles. The third-order valence-electron chi connectivity index (χ3n) is 9.90. The highest BCUT2D eigenvalue weighted by Crippen LogP contribution is 2.24. The fourth-order valence-electron chi connectivity index (χ4n) is 6.50. The van der Waals surface area contributed by atoms with Crippen LogP contribution in [0.25, 0.3) is 22.6 Å². The van der Waals surface area contributed by atoms with Crippen LogP contribution in [0, 0.1) is 23.5 Å². The molecule has 1 N–H and O–H groups in total. The summed E-state index contributed by atoms with van der Waals surface area (Å²) in [4.78, 5) is 50.9. The largest absolute Gasteiger partial charge is 0.481 e. The highest BCUT2D eigenvalue weighted by molar-refractivity contribution is 5.95. The highest BCUT2D eigenvalue weighted by Gasteiger charge is 2.33. The third kappa shape index (κ3) is 12.5. The van der Waals surface area contributed by atoms with Gasteiger partial charge in [0.1, 0.15) is 23.0 Å². The van der Waals surface area contributed by atoms with Crippen molar-refractivity contribution in [2.24, 2.45) is 11.8 Å². The van der Waals surface area contributed by atoms with Gasteiger partial charge < -0.3 is 28.7 Å². The molecule has 0 unspecified atom stereocenters. The second kappa shape index (κ2) is 20.6. The molecule has 0 amide bonds. The van der Waals surface area contributed by atoms with Crippen LogP contribution in [0.2, 0.25) is 0 Å². The van der Waals surface area contributed by atoms with Gasteiger partial charge in [-0.25, -0.2) is 8.78 Å². The lowest BCUT2D eigenvalue weighted by Crippen LogP contribution is -2.50. The van der Waals surface area contributed by atoms with Gasteiger partial charge in [-0.05, 0) is 87.3 Å². The van der Waals surface area contributed by atoms with Crippen LogP contribution in [-0.4, -0.2) is 95.1 Å². The fourth-order valence-corrected chi connectivity index (χ4v) is 6.50. The zero-order chi connectivity index (χ0) is 39.2. The van der Waals surface area contributed by atoms with Crippen LogP contribution in [0.4, 0.5) is 8.78 Å². The van der Waals surface area contributed by atoms with E-state index in [-0.39, 0.29) is 41.0 Å². The van der Waals surface area contributed by atoms with Gasteiger partial charge in [0.2, 0.25) is 0 Å². The van der Waals surface area contributed by atoms with Crippen LogP contribution in [0.5, 0.6) is 0 Å². The van der Waals surface area contributed by atoms with E-state index in [9.17, 15) is 28.0 Å². The number of benzene rings is 2. The van der Waals surface area contributed by atoms with Crippen LogP contribution in [0.15, 0.2) is 69.7 Å². The molecule has 2 fully saturated rings. The van der Waals surface area contributed by atoms with Gasteiger partial charge in [-0.2, -0.15) is 0 Å². The van der Waals surface area contributed by atoms with Crippen molar-refractivity contribution in [2.75, 3.05) is 46.4 Å². The smallest absolute Gasteiger partial charge is 0.311 e. The van der Waals surface area contributed by atoms with E-state index >= 15 is 0 Å². The number of unbranched alkanes of at least 4 members (excludes halogenated alkanes) is 6. The van der Waals surface area contributed by atoms with Crippen molar-refractivity contribution < 1.29 is 46.8 Å². The van der Waals surface area contributed by atoms with Gasteiger partial charge in [0.15, 0.2) is 23.1 Å². The number of likely N-dealkylation sites (tertiary alicyclic amines) is 2. The topological polar surface area (TPSA) is 156 Å². The Labute approximate surface area is 318 Å². The number of hydrogen-bond donors (Lipinski definition) is 1. The molecule has 2 aromatic carbocycles. The summed E-state index contributed by atoms with van der Waals surface area (Å²) in [6.07, 6.45) is 8.50. The predicted molar refractivity (Wildman–Crippen MR) is 198 cm³/mol. The van der Waals surface area contributed by atoms with E-state index in [1.165, 1.54) is 31.4 Å². The first-order chi connectivity index (χ1) is 26.6. The van der Waals surface area contributed by atoms with Gasteiger partial charge in [-0.1, -0.05) is 36.0 Å². The number of rotatable bonds is 20. The molecule has 0 spiro atoms. The van der Waals surface area contributed by atoms with Crippen molar-refractivity contribution in [2.45, 2.75) is 64.2 Å². The van der Waals surface area contributed by atoms with Gasteiger partial charge in [-0.15, -0.1) is 0 Å². The summed E-state index contributed by atoms with van der Waals surface area (Å²) in [5.74, 6) is -0.835. The molecule has 4 aromatic rings. The van der Waals surface area contributed by atoms with Crippen LogP contribution in [0.1, 0.15) is 85.2 Å². The second-order valence-electron chi connectivity index (χ2n) is 14.1. The summed E-state index contributed by atoms with van der Waals surface area (Å²) in [7, 11) is 1.43. The number of halogens is 2. The number of ketones is 2. The Morgan fingerprint density at radius 3 is 1.45 bits per heavy atom. The minimum atomic E-state index is -0.708. The second-order valence-corrected chi connectivity index (χ2v) is 14.1. The molecule has 2 aromatic heterocycles. The molecule has 294 valence electrons. The Morgan fingerprint density at radius 2 is 1.05 bits per heavy atom. The average Bonchev–Trinajstić information content (AvgIpc) is 3.84. The van der Waals surface area contributed by atoms with E-state index in [0.29, 0.717) is 60.0 Å². The summed E-state index contributed by atoms with van der Waals surface area (Å²) in [6.45, 7) is 4.77. The Balaban J connectivity index is 0.000000211. The molecule has 2 saturated heterocycles. The summed E-state index contributed by atoms with van der Waals surface area (Å²) in [6, 6.07) is 14.9. The Morgan fingerprint density at radius 1 is 0.655 bits per heavy atom. The quantitative estimate of drug-likeness (QED) is 0.0544. The molecule has 0 radical (unpaired) electrons. The molecule has 55 heavy (non-hydrogen) atoms. The lowest BCUT2D eigenvalue weighted by atomic mass is 9.99. The lowest BCUT2D eigenvalue weighted by molar-refractivity contribution is -0.151. The molecule has 14 heteroatoms. The standard InChI is InChI=1S/C21H25FN2O4.C20H23FN2O4/c1-27-21(26)16-13-24(14-16)11-5-3-2-4-6-19(25)18-12-20(28-23-18)15-7-9-17(22)10-8-15;21-16-8-6-14(7-9-16)19-11-17(22-27-19)18(24)5-3-1-2-4-10-23-12-15(13-23)20(25)26/h7-10,12,16H,2-6,11,13-14H2,1H3;6-9,11,15H,1-5,10,12-13H2,(H,25,26). The molecule has 0 atom stereocenters. The number of esters is 1. The van der Waals surface area contributed by atoms with E-state index in [1.807, 2.05) is 0 Å². The Bertz CT molecular complexity index is 1850. The fraction of sp³-hybridized carbons (Fsp3) is 0.463. The van der Waals surface area contributed by atoms with E-state index in [2.05, 4.69) is 20.1 Å². The number of nitrogens with zero attached hydrogens (tertiary/aromatic N) is 4. The van der Waals surface area contributed by atoms with Crippen molar-refractivity contribution in [3.8, 4) is 22.6 Å². The maximum atomic E-state index is 13.0. The molecule has 6 rings (SSSR count). The SMILES string of the molecule is COC(=O)C1CN(CCCCCCC(=O)c2cc(-c3ccc(F)cc3)on2)C1.O=C(CCCCCCN1CC(C(=O)O)C1)c1cc(-c2ccc(F)cc2)on1. The van der Waals surface area contributed by atoms with E-state index in [0.717, 1.165) is 77.5 Å². The number of carboxylic acids is 1. The third-order valence-corrected chi connectivity index (χ3v) is 9.90. The van der Waals surface area contributed by atoms with Crippen molar-refractivity contribution in [1.82, 2.24) is 20.1 Å². The first kappa shape index (κ1) is 41.1. The number of hydrogen-bond acceptors (Lipinski definition) is 11. The van der Waals surface area contributed by atoms with Crippen molar-refractivity contribution >= 4 is 23.5 Å². The molecular formula is C41H48F2N4O8. The van der Waals surface area contributed by atoms with Crippen LogP contribution in [-0.2, 0) is 14.3 Å². The maximum Gasteiger partial charge on any atom is 0.311 e. The molecule has 2 aliphatic rings. The van der Waals surface area contributed by atoms with Gasteiger partial charge in [0.25, 0.3) is 0 Å². The van der Waals surface area contributed by atoms with Crippen LogP contribution in [0.3, 0.4) is 0 Å². The number of methoxy groups -OCH3 is 1. The van der Waals surface area contributed by atoms with E-state index in [4.69, 9.17) is 18.9 Å². The van der Waals surface area contributed by atoms with Gasteiger partial charge in [0.05, 0.1) is 18.9 Å². The van der Waals surface area contributed by atoms with Crippen molar-refractivity contribution in [1.29, 1.82) is 0 Å². The monoisotopic (exact) mass is 762 g/mol. The van der Waals surface area contributed by atoms with Gasteiger partial charge in [0, 0.05) is 62.3 Å². The number of carboxylic acid groups (broad SMARTS) is 1. The van der Waals surface area contributed by atoms with Crippen molar-refractivity contribution in [3.63, 3.8) is 0 Å². The number of aromatic nitrogens is 2. The molecule has 12 nitrogen and oxygen atoms in total. The van der Waals surface area contributed by atoms with Gasteiger partial charge in [-0.3, -0.25) is 19.2 Å². The molecule has 4 heterocycles. The lowest BCUT2D eigenvalue weighted by Gasteiger charge is -2.37. The normalized spacial score (nSPS) is 14.7. The molecule has 0 aliphatic carbocycles. The minimum Gasteiger partial charge on any atom is -0.481 e. The highest BCUT2D eigenvalue weighted by atomic mass is 19.1. The number of carbonyl (C=O) groups excluding carboxylic acids is 3. The zero-order valence-corrected chi connectivity index (χ0v) is 31.1. The van der Waals surface area contributed by atoms with E-state index in [1.54, 1.807) is 36.4 Å². The number of ether oxygens (including phenoxy) is 1. The number of carbonyl (C=O) groups is 4. The van der Waals surface area contributed by atoms with Crippen LogP contribution >= 0.6 is 0 Å². The molecular weight excluding hydrogens is 714 g/mol. The first-order valence-corrected chi connectivity index (χ1v) is 18.9. The number of aliphatic carboxylic acids is 1. The van der Waals surface area contributed by atoms with Crippen molar-refractivity contribution in [3.05, 3.63) is 83.7 Å². The average molecular weight is 763 g/mol.